The summed E-state index contributed by atoms with van der Waals surface area (Å²) in [5.41, 5.74) is 7.09. The molecule has 1 aromatic rings. The van der Waals surface area contributed by atoms with E-state index in [0.717, 1.165) is 18.7 Å². The summed E-state index contributed by atoms with van der Waals surface area (Å²) in [6.07, 6.45) is 6.48. The SMILES string of the molecule is Cc1c(C#C[Si](C)(C)C)cncc1N1CCCC1. The highest BCUT2D eigenvalue weighted by molar-refractivity contribution is 6.83. The number of hydrogen-bond donors (Lipinski definition) is 0. The molecule has 0 saturated carbocycles. The monoisotopic (exact) mass is 258 g/mol. The minimum atomic E-state index is -1.31. The summed E-state index contributed by atoms with van der Waals surface area (Å²) in [4.78, 5) is 6.79. The number of rotatable bonds is 1. The first-order chi connectivity index (χ1) is 8.47. The lowest BCUT2D eigenvalue weighted by atomic mass is 10.1. The number of aromatic nitrogens is 1. The van der Waals surface area contributed by atoms with Crippen LogP contribution >= 0.6 is 0 Å². The van der Waals surface area contributed by atoms with Gasteiger partial charge in [0.2, 0.25) is 0 Å². The van der Waals surface area contributed by atoms with Crippen LogP contribution in [0.4, 0.5) is 5.69 Å². The lowest BCUT2D eigenvalue weighted by molar-refractivity contribution is 0.949. The number of anilines is 1. The molecule has 0 atom stereocenters. The van der Waals surface area contributed by atoms with Gasteiger partial charge in [-0.05, 0) is 25.3 Å². The maximum Gasteiger partial charge on any atom is 0.129 e. The van der Waals surface area contributed by atoms with Gasteiger partial charge in [0, 0.05) is 24.8 Å². The highest BCUT2D eigenvalue weighted by Crippen LogP contribution is 2.25. The zero-order chi connectivity index (χ0) is 13.2. The lowest BCUT2D eigenvalue weighted by Gasteiger charge is -2.20. The molecule has 1 aliphatic rings. The van der Waals surface area contributed by atoms with Gasteiger partial charge in [-0.2, -0.15) is 0 Å². The molecule has 2 heterocycles. The van der Waals surface area contributed by atoms with Crippen molar-refractivity contribution in [3.63, 3.8) is 0 Å². The normalized spacial score (nSPS) is 15.4. The molecular weight excluding hydrogens is 236 g/mol. The van der Waals surface area contributed by atoms with E-state index >= 15 is 0 Å². The first kappa shape index (κ1) is 13.2. The first-order valence-electron chi connectivity index (χ1n) is 6.70. The summed E-state index contributed by atoms with van der Waals surface area (Å²) in [5, 5.41) is 0. The third kappa shape index (κ3) is 3.14. The van der Waals surface area contributed by atoms with Gasteiger partial charge in [-0.3, -0.25) is 4.98 Å². The van der Waals surface area contributed by atoms with E-state index in [9.17, 15) is 0 Å². The van der Waals surface area contributed by atoms with Crippen LogP contribution in [0, 0.1) is 18.4 Å². The molecule has 18 heavy (non-hydrogen) atoms. The molecule has 0 amide bonds. The number of hydrogen-bond acceptors (Lipinski definition) is 2. The van der Waals surface area contributed by atoms with Crippen molar-refractivity contribution in [2.24, 2.45) is 0 Å². The van der Waals surface area contributed by atoms with Gasteiger partial charge >= 0.3 is 0 Å². The van der Waals surface area contributed by atoms with E-state index < -0.39 is 8.07 Å². The van der Waals surface area contributed by atoms with E-state index in [0.29, 0.717) is 0 Å². The van der Waals surface area contributed by atoms with Crippen LogP contribution in [0.5, 0.6) is 0 Å². The van der Waals surface area contributed by atoms with Gasteiger partial charge in [0.15, 0.2) is 0 Å². The van der Waals surface area contributed by atoms with Crippen molar-refractivity contribution < 1.29 is 0 Å². The molecule has 0 radical (unpaired) electrons. The van der Waals surface area contributed by atoms with Crippen LogP contribution in [0.2, 0.25) is 19.6 Å². The largest absolute Gasteiger partial charge is 0.370 e. The average molecular weight is 258 g/mol. The molecule has 1 aliphatic heterocycles. The molecule has 1 fully saturated rings. The predicted molar refractivity (Wildman–Crippen MR) is 80.6 cm³/mol. The zero-order valence-corrected chi connectivity index (χ0v) is 12.9. The van der Waals surface area contributed by atoms with E-state index in [-0.39, 0.29) is 0 Å². The average Bonchev–Trinajstić information content (AvgIpc) is 2.80. The minimum Gasteiger partial charge on any atom is -0.370 e. The quantitative estimate of drug-likeness (QED) is 0.568. The molecule has 2 rings (SSSR count). The van der Waals surface area contributed by atoms with Crippen molar-refractivity contribution in [1.29, 1.82) is 0 Å². The molecule has 0 N–H and O–H groups in total. The maximum atomic E-state index is 4.36. The Morgan fingerprint density at radius 1 is 1.17 bits per heavy atom. The van der Waals surface area contributed by atoms with E-state index in [2.05, 4.69) is 47.9 Å². The Morgan fingerprint density at radius 2 is 1.83 bits per heavy atom. The zero-order valence-electron chi connectivity index (χ0n) is 11.9. The van der Waals surface area contributed by atoms with Gasteiger partial charge in [-0.15, -0.1) is 5.54 Å². The van der Waals surface area contributed by atoms with Crippen LogP contribution < -0.4 is 4.90 Å². The second kappa shape index (κ2) is 5.15. The molecule has 96 valence electrons. The fraction of sp³-hybridized carbons (Fsp3) is 0.533. The number of nitrogens with zero attached hydrogens (tertiary/aromatic N) is 2. The summed E-state index contributed by atoms with van der Waals surface area (Å²) in [6, 6.07) is 0. The van der Waals surface area contributed by atoms with Crippen molar-refractivity contribution in [2.75, 3.05) is 18.0 Å². The maximum absolute atomic E-state index is 4.36. The molecule has 1 saturated heterocycles. The Labute approximate surface area is 111 Å². The third-order valence-corrected chi connectivity index (χ3v) is 4.08. The van der Waals surface area contributed by atoms with E-state index in [1.165, 1.54) is 24.1 Å². The van der Waals surface area contributed by atoms with Crippen LogP contribution in [0.3, 0.4) is 0 Å². The van der Waals surface area contributed by atoms with Gasteiger partial charge < -0.3 is 4.90 Å². The van der Waals surface area contributed by atoms with Crippen LogP contribution in [-0.2, 0) is 0 Å². The molecule has 0 aromatic carbocycles. The molecule has 0 bridgehead atoms. The molecule has 3 heteroatoms. The van der Waals surface area contributed by atoms with Crippen LogP contribution in [0.1, 0.15) is 24.0 Å². The van der Waals surface area contributed by atoms with E-state index in [1.807, 2.05) is 12.4 Å². The Balaban J connectivity index is 2.32. The molecule has 0 aliphatic carbocycles. The summed E-state index contributed by atoms with van der Waals surface area (Å²) >= 11 is 0. The summed E-state index contributed by atoms with van der Waals surface area (Å²) in [5.74, 6) is 3.34. The highest BCUT2D eigenvalue weighted by atomic mass is 28.3. The molecule has 0 spiro atoms. The topological polar surface area (TPSA) is 16.1 Å². The first-order valence-corrected chi connectivity index (χ1v) is 10.2. The van der Waals surface area contributed by atoms with Crippen LogP contribution in [0.25, 0.3) is 0 Å². The van der Waals surface area contributed by atoms with E-state index in [1.54, 1.807) is 0 Å². The Morgan fingerprint density at radius 3 is 2.44 bits per heavy atom. The smallest absolute Gasteiger partial charge is 0.129 e. The third-order valence-electron chi connectivity index (χ3n) is 3.21. The standard InChI is InChI=1S/C15H22N2Si/c1-13-14(7-10-18(2,3)4)11-16-12-15(13)17-8-5-6-9-17/h11-12H,5-6,8-9H2,1-4H3. The van der Waals surface area contributed by atoms with Crippen LogP contribution in [0.15, 0.2) is 12.4 Å². The van der Waals surface area contributed by atoms with Gasteiger partial charge in [-0.1, -0.05) is 25.6 Å². The van der Waals surface area contributed by atoms with Crippen molar-refractivity contribution in [1.82, 2.24) is 4.98 Å². The minimum absolute atomic E-state index is 1.10. The molecule has 1 aromatic heterocycles. The summed E-state index contributed by atoms with van der Waals surface area (Å²) in [6.45, 7) is 11.3. The van der Waals surface area contributed by atoms with E-state index in [4.69, 9.17) is 0 Å². The molecule has 2 nitrogen and oxygen atoms in total. The van der Waals surface area contributed by atoms with Crippen LogP contribution in [-0.4, -0.2) is 26.1 Å². The predicted octanol–water partition coefficient (Wildman–Crippen LogP) is 3.22. The Hall–Kier alpha value is -1.27. The highest BCUT2D eigenvalue weighted by Gasteiger charge is 2.16. The Bertz CT molecular complexity index is 485. The van der Waals surface area contributed by atoms with Gasteiger partial charge in [-0.25, -0.2) is 0 Å². The second-order valence-electron chi connectivity index (χ2n) is 6.03. The van der Waals surface area contributed by atoms with Crippen molar-refractivity contribution >= 4 is 13.8 Å². The second-order valence-corrected chi connectivity index (χ2v) is 10.8. The molecular formula is C15H22N2Si. The fourth-order valence-electron chi connectivity index (χ4n) is 2.17. The Kier molecular flexibility index (Phi) is 3.77. The lowest BCUT2D eigenvalue weighted by Crippen LogP contribution is -2.19. The van der Waals surface area contributed by atoms with Gasteiger partial charge in [0.05, 0.1) is 11.9 Å². The van der Waals surface area contributed by atoms with Crippen molar-refractivity contribution in [2.45, 2.75) is 39.4 Å². The molecule has 0 unspecified atom stereocenters. The van der Waals surface area contributed by atoms with Crippen molar-refractivity contribution in [3.8, 4) is 11.5 Å². The van der Waals surface area contributed by atoms with Gasteiger partial charge in [0.1, 0.15) is 8.07 Å². The number of pyridine rings is 1. The summed E-state index contributed by atoms with van der Waals surface area (Å²) in [7, 11) is -1.31. The van der Waals surface area contributed by atoms with Crippen molar-refractivity contribution in [3.05, 3.63) is 23.5 Å². The fourth-order valence-corrected chi connectivity index (χ4v) is 2.68. The van der Waals surface area contributed by atoms with Gasteiger partial charge in [0.25, 0.3) is 0 Å². The summed E-state index contributed by atoms with van der Waals surface area (Å²) < 4.78 is 0.